The second-order valence-electron chi connectivity index (χ2n) is 5.87. The first-order valence-electron chi connectivity index (χ1n) is 7.57. The monoisotopic (exact) mass is 316 g/mol. The molecule has 3 rings (SSSR count). The van der Waals surface area contributed by atoms with Crippen molar-refractivity contribution in [3.8, 4) is 0 Å². The van der Waals surface area contributed by atoms with Crippen LogP contribution in [0.15, 0.2) is 30.9 Å². The van der Waals surface area contributed by atoms with E-state index < -0.39 is 5.60 Å². The number of carbonyl (C=O) groups is 1. The lowest BCUT2D eigenvalue weighted by Gasteiger charge is -2.39. The molecule has 1 fully saturated rings. The first-order chi connectivity index (χ1) is 11.1. The van der Waals surface area contributed by atoms with Crippen LogP contribution in [0, 0.1) is 0 Å². The van der Waals surface area contributed by atoms with E-state index in [1.165, 1.54) is 0 Å². The van der Waals surface area contributed by atoms with Crippen molar-refractivity contribution in [2.75, 3.05) is 24.5 Å². The Morgan fingerprint density at radius 2 is 2.35 bits per heavy atom. The van der Waals surface area contributed by atoms with Gasteiger partial charge in [-0.3, -0.25) is 14.5 Å². The zero-order valence-corrected chi connectivity index (χ0v) is 13.0. The normalized spacial score (nSPS) is 21.2. The highest BCUT2D eigenvalue weighted by molar-refractivity contribution is 5.92. The molecular formula is C15H20N6O2. The Morgan fingerprint density at radius 3 is 3.04 bits per heavy atom. The molecule has 1 aliphatic rings. The van der Waals surface area contributed by atoms with E-state index in [4.69, 9.17) is 0 Å². The number of β-amino-alcohol motifs (C(OH)–C–C–N with tert-alkyl or cyclic N) is 1. The van der Waals surface area contributed by atoms with Crippen molar-refractivity contribution in [2.45, 2.75) is 18.4 Å². The van der Waals surface area contributed by atoms with Gasteiger partial charge in [0.1, 0.15) is 11.5 Å². The largest absolute Gasteiger partial charge is 0.386 e. The molecule has 8 heteroatoms. The lowest BCUT2D eigenvalue weighted by molar-refractivity contribution is 0.0253. The summed E-state index contributed by atoms with van der Waals surface area (Å²) in [6, 6.07) is 1.64. The first-order valence-corrected chi connectivity index (χ1v) is 7.57. The standard InChI is InChI=1S/C15H20N6O2/c1-20-8-3-12(19-20)14(22)18-10-15(23)4-2-7-21(11-15)13-9-16-5-6-17-13/h3,5-6,8-9,23H,2,4,7,10-11H2,1H3,(H,18,22)/t15-/m1/s1. The average Bonchev–Trinajstić information content (AvgIpc) is 3.00. The molecule has 2 aromatic heterocycles. The van der Waals surface area contributed by atoms with Crippen LogP contribution in [0.2, 0.25) is 0 Å². The second kappa shape index (κ2) is 6.33. The van der Waals surface area contributed by atoms with Crippen LogP contribution in [-0.2, 0) is 7.05 Å². The minimum absolute atomic E-state index is 0.180. The van der Waals surface area contributed by atoms with Gasteiger partial charge in [-0.05, 0) is 18.9 Å². The summed E-state index contributed by atoms with van der Waals surface area (Å²) in [5, 5.41) is 17.6. The Balaban J connectivity index is 1.61. The predicted molar refractivity (Wildman–Crippen MR) is 84.0 cm³/mol. The molecule has 2 N–H and O–H groups in total. The molecule has 0 saturated carbocycles. The summed E-state index contributed by atoms with van der Waals surface area (Å²) in [4.78, 5) is 22.4. The number of nitrogens with zero attached hydrogens (tertiary/aromatic N) is 5. The summed E-state index contributed by atoms with van der Waals surface area (Å²) >= 11 is 0. The van der Waals surface area contributed by atoms with Gasteiger partial charge in [0.25, 0.3) is 5.91 Å². The third kappa shape index (κ3) is 3.65. The maximum Gasteiger partial charge on any atom is 0.271 e. The summed E-state index contributed by atoms with van der Waals surface area (Å²) in [6.07, 6.45) is 8.09. The van der Waals surface area contributed by atoms with E-state index in [9.17, 15) is 9.90 Å². The van der Waals surface area contributed by atoms with Gasteiger partial charge >= 0.3 is 0 Å². The van der Waals surface area contributed by atoms with Crippen LogP contribution in [0.1, 0.15) is 23.3 Å². The van der Waals surface area contributed by atoms with Crippen LogP contribution in [0.5, 0.6) is 0 Å². The number of aliphatic hydroxyl groups is 1. The van der Waals surface area contributed by atoms with Gasteiger partial charge in [0.2, 0.25) is 0 Å². The molecule has 1 atom stereocenters. The van der Waals surface area contributed by atoms with E-state index >= 15 is 0 Å². The van der Waals surface area contributed by atoms with Crippen molar-refractivity contribution < 1.29 is 9.90 Å². The van der Waals surface area contributed by atoms with Crippen LogP contribution in [0.3, 0.4) is 0 Å². The van der Waals surface area contributed by atoms with Crippen LogP contribution in [0.4, 0.5) is 5.82 Å². The maximum absolute atomic E-state index is 12.1. The molecule has 0 bridgehead atoms. The minimum atomic E-state index is -0.986. The number of carbonyl (C=O) groups excluding carboxylic acids is 1. The van der Waals surface area contributed by atoms with Crippen LogP contribution in [-0.4, -0.2) is 56.0 Å². The van der Waals surface area contributed by atoms with Crippen molar-refractivity contribution in [3.63, 3.8) is 0 Å². The maximum atomic E-state index is 12.1. The molecule has 8 nitrogen and oxygen atoms in total. The number of rotatable bonds is 4. The van der Waals surface area contributed by atoms with Crippen LogP contribution < -0.4 is 10.2 Å². The van der Waals surface area contributed by atoms with Crippen molar-refractivity contribution in [2.24, 2.45) is 7.05 Å². The summed E-state index contributed by atoms with van der Waals surface area (Å²) in [5.74, 6) is 0.456. The fourth-order valence-corrected chi connectivity index (χ4v) is 2.78. The topological polar surface area (TPSA) is 96.2 Å². The number of piperidine rings is 1. The van der Waals surface area contributed by atoms with E-state index in [2.05, 4.69) is 20.4 Å². The summed E-state index contributed by atoms with van der Waals surface area (Å²) in [6.45, 7) is 1.41. The third-order valence-corrected chi connectivity index (χ3v) is 3.95. The Hall–Kier alpha value is -2.48. The number of aryl methyl sites for hydroxylation is 1. The number of amides is 1. The summed E-state index contributed by atoms with van der Waals surface area (Å²) in [7, 11) is 1.75. The highest BCUT2D eigenvalue weighted by Gasteiger charge is 2.34. The average molecular weight is 316 g/mol. The highest BCUT2D eigenvalue weighted by Crippen LogP contribution is 2.23. The number of aromatic nitrogens is 4. The molecule has 2 aromatic rings. The molecular weight excluding hydrogens is 296 g/mol. The van der Waals surface area contributed by atoms with Gasteiger partial charge in [0.15, 0.2) is 0 Å². The lowest BCUT2D eigenvalue weighted by Crippen LogP contribution is -2.54. The number of hydrogen-bond acceptors (Lipinski definition) is 6. The van der Waals surface area contributed by atoms with E-state index in [1.54, 1.807) is 42.6 Å². The number of nitrogens with one attached hydrogen (secondary N) is 1. The molecule has 1 saturated heterocycles. The van der Waals surface area contributed by atoms with Crippen molar-refractivity contribution >= 4 is 11.7 Å². The quantitative estimate of drug-likeness (QED) is 0.822. The van der Waals surface area contributed by atoms with Crippen molar-refractivity contribution in [1.82, 2.24) is 25.1 Å². The van der Waals surface area contributed by atoms with Crippen LogP contribution >= 0.6 is 0 Å². The molecule has 0 unspecified atom stereocenters. The fraction of sp³-hybridized carbons (Fsp3) is 0.467. The predicted octanol–water partition coefficient (Wildman–Crippen LogP) is -0.0286. The Kier molecular flexibility index (Phi) is 4.24. The molecule has 1 amide bonds. The zero-order chi connectivity index (χ0) is 16.3. The number of anilines is 1. The molecule has 0 aromatic carbocycles. The van der Waals surface area contributed by atoms with Gasteiger partial charge in [0.05, 0.1) is 11.8 Å². The highest BCUT2D eigenvalue weighted by atomic mass is 16.3. The Labute approximate surface area is 134 Å². The van der Waals surface area contributed by atoms with E-state index in [-0.39, 0.29) is 12.5 Å². The Morgan fingerprint density at radius 1 is 1.48 bits per heavy atom. The smallest absolute Gasteiger partial charge is 0.271 e. The summed E-state index contributed by atoms with van der Waals surface area (Å²) in [5.41, 5.74) is -0.641. The molecule has 122 valence electrons. The van der Waals surface area contributed by atoms with Gasteiger partial charge in [-0.15, -0.1) is 0 Å². The molecule has 3 heterocycles. The third-order valence-electron chi connectivity index (χ3n) is 3.95. The van der Waals surface area contributed by atoms with Crippen LogP contribution in [0.25, 0.3) is 0 Å². The van der Waals surface area contributed by atoms with E-state index in [1.807, 2.05) is 4.90 Å². The molecule has 0 aliphatic carbocycles. The fourth-order valence-electron chi connectivity index (χ4n) is 2.78. The Bertz CT molecular complexity index is 674. The second-order valence-corrected chi connectivity index (χ2v) is 5.87. The summed E-state index contributed by atoms with van der Waals surface area (Å²) < 4.78 is 1.57. The number of hydrogen-bond donors (Lipinski definition) is 2. The lowest BCUT2D eigenvalue weighted by atomic mass is 9.92. The molecule has 0 radical (unpaired) electrons. The van der Waals surface area contributed by atoms with Gasteiger partial charge in [-0.2, -0.15) is 5.10 Å². The minimum Gasteiger partial charge on any atom is -0.386 e. The molecule has 23 heavy (non-hydrogen) atoms. The molecule has 0 spiro atoms. The first kappa shape index (κ1) is 15.4. The van der Waals surface area contributed by atoms with Crippen molar-refractivity contribution in [3.05, 3.63) is 36.5 Å². The van der Waals surface area contributed by atoms with E-state index in [0.29, 0.717) is 18.7 Å². The van der Waals surface area contributed by atoms with Gasteiger partial charge in [0, 0.05) is 45.3 Å². The van der Waals surface area contributed by atoms with Gasteiger partial charge < -0.3 is 15.3 Å². The SMILES string of the molecule is Cn1ccc(C(=O)NC[C@]2(O)CCCN(c3cnccn3)C2)n1. The van der Waals surface area contributed by atoms with E-state index in [0.717, 1.165) is 18.8 Å². The van der Waals surface area contributed by atoms with Gasteiger partial charge in [-0.1, -0.05) is 0 Å². The van der Waals surface area contributed by atoms with Gasteiger partial charge in [-0.25, -0.2) is 4.98 Å². The molecule has 1 aliphatic heterocycles. The van der Waals surface area contributed by atoms with Crippen molar-refractivity contribution in [1.29, 1.82) is 0 Å². The zero-order valence-electron chi connectivity index (χ0n) is 13.0.